The van der Waals surface area contributed by atoms with Crippen molar-refractivity contribution in [3.05, 3.63) is 11.9 Å². The van der Waals surface area contributed by atoms with E-state index in [1.807, 2.05) is 24.7 Å². The second-order valence-corrected chi connectivity index (χ2v) is 5.29. The van der Waals surface area contributed by atoms with Crippen LogP contribution in [0.5, 0.6) is 0 Å². The number of aromatic nitrogens is 3. The van der Waals surface area contributed by atoms with Gasteiger partial charge in [0.15, 0.2) is 0 Å². The topological polar surface area (TPSA) is 49.2 Å². The Morgan fingerprint density at radius 3 is 2.68 bits per heavy atom. The lowest BCUT2D eigenvalue weighted by molar-refractivity contribution is -0.142. The molecule has 1 fully saturated rings. The summed E-state index contributed by atoms with van der Waals surface area (Å²) < 4.78 is 13.1. The number of rotatable bonds is 6. The van der Waals surface area contributed by atoms with E-state index in [2.05, 4.69) is 17.2 Å². The summed E-state index contributed by atoms with van der Waals surface area (Å²) >= 11 is 0. The maximum Gasteiger partial charge on any atom is 0.204 e. The molecule has 19 heavy (non-hydrogen) atoms. The molecule has 108 valence electrons. The van der Waals surface area contributed by atoms with Crippen molar-refractivity contribution in [1.29, 1.82) is 0 Å². The van der Waals surface area contributed by atoms with Crippen LogP contribution in [0, 0.1) is 5.92 Å². The summed E-state index contributed by atoms with van der Waals surface area (Å²) in [5, 5.41) is 8.48. The third-order valence-corrected chi connectivity index (χ3v) is 3.69. The first-order valence-electron chi connectivity index (χ1n) is 7.39. The van der Waals surface area contributed by atoms with E-state index in [-0.39, 0.29) is 6.29 Å². The molecule has 0 amide bonds. The zero-order valence-corrected chi connectivity index (χ0v) is 12.2. The Kier molecular flexibility index (Phi) is 5.34. The molecule has 0 aliphatic heterocycles. The third kappa shape index (κ3) is 3.76. The molecule has 1 aliphatic rings. The minimum atomic E-state index is -0.384. The molecule has 1 aliphatic carbocycles. The van der Waals surface area contributed by atoms with Gasteiger partial charge in [0.25, 0.3) is 0 Å². The maximum atomic E-state index is 5.55. The zero-order valence-electron chi connectivity index (χ0n) is 12.2. The monoisotopic (exact) mass is 267 g/mol. The Balaban J connectivity index is 2.04. The van der Waals surface area contributed by atoms with Crippen molar-refractivity contribution in [2.24, 2.45) is 5.92 Å². The van der Waals surface area contributed by atoms with E-state index in [4.69, 9.17) is 9.47 Å². The average Bonchev–Trinajstić information content (AvgIpc) is 2.88. The van der Waals surface area contributed by atoms with Gasteiger partial charge in [0.2, 0.25) is 6.29 Å². The van der Waals surface area contributed by atoms with Crippen molar-refractivity contribution in [2.75, 3.05) is 13.2 Å². The van der Waals surface area contributed by atoms with Crippen LogP contribution in [0.1, 0.15) is 64.5 Å². The minimum absolute atomic E-state index is 0.384. The smallest absolute Gasteiger partial charge is 0.204 e. The predicted octanol–water partition coefficient (Wildman–Crippen LogP) is 3.10. The number of ether oxygens (including phenoxy) is 2. The van der Waals surface area contributed by atoms with Crippen LogP contribution in [-0.4, -0.2) is 28.2 Å². The molecule has 1 saturated carbocycles. The third-order valence-electron chi connectivity index (χ3n) is 3.69. The fourth-order valence-electron chi connectivity index (χ4n) is 2.74. The molecule has 0 radical (unpaired) electrons. The standard InChI is InChI=1S/C14H25N3O2/c1-4-18-14(19-5-2)13-10-17(16-15-13)12-8-6-7-11(3)9-12/h10-12,14H,4-9H2,1-3H3. The minimum Gasteiger partial charge on any atom is -0.347 e. The Hall–Kier alpha value is -0.940. The summed E-state index contributed by atoms with van der Waals surface area (Å²) in [5.74, 6) is 0.779. The lowest BCUT2D eigenvalue weighted by Crippen LogP contribution is -2.18. The molecule has 0 N–H and O–H groups in total. The number of nitrogens with zero attached hydrogens (tertiary/aromatic N) is 3. The van der Waals surface area contributed by atoms with Crippen molar-refractivity contribution >= 4 is 0 Å². The van der Waals surface area contributed by atoms with E-state index in [1.165, 1.54) is 25.7 Å². The molecule has 1 aromatic heterocycles. The van der Waals surface area contributed by atoms with Crippen LogP contribution in [0.3, 0.4) is 0 Å². The highest BCUT2D eigenvalue weighted by Crippen LogP contribution is 2.32. The van der Waals surface area contributed by atoms with Crippen LogP contribution >= 0.6 is 0 Å². The van der Waals surface area contributed by atoms with Gasteiger partial charge in [0.05, 0.1) is 12.2 Å². The summed E-state index contributed by atoms with van der Waals surface area (Å²) in [5.41, 5.74) is 0.780. The number of hydrogen-bond acceptors (Lipinski definition) is 4. The maximum absolute atomic E-state index is 5.55. The lowest BCUT2D eigenvalue weighted by atomic mass is 9.87. The second-order valence-electron chi connectivity index (χ2n) is 5.29. The Morgan fingerprint density at radius 1 is 1.32 bits per heavy atom. The molecule has 1 heterocycles. The van der Waals surface area contributed by atoms with Gasteiger partial charge in [-0.05, 0) is 32.6 Å². The van der Waals surface area contributed by atoms with E-state index in [0.717, 1.165) is 11.6 Å². The van der Waals surface area contributed by atoms with Gasteiger partial charge < -0.3 is 9.47 Å². The normalized spacial score (nSPS) is 24.0. The molecule has 2 rings (SSSR count). The largest absolute Gasteiger partial charge is 0.347 e. The molecule has 5 nitrogen and oxygen atoms in total. The fraction of sp³-hybridized carbons (Fsp3) is 0.857. The van der Waals surface area contributed by atoms with Crippen molar-refractivity contribution < 1.29 is 9.47 Å². The molecule has 0 saturated heterocycles. The van der Waals surface area contributed by atoms with E-state index in [9.17, 15) is 0 Å². The molecule has 0 aromatic carbocycles. The van der Waals surface area contributed by atoms with Crippen molar-refractivity contribution in [3.8, 4) is 0 Å². The van der Waals surface area contributed by atoms with Crippen LogP contribution in [-0.2, 0) is 9.47 Å². The molecule has 2 atom stereocenters. The predicted molar refractivity (Wildman–Crippen MR) is 72.7 cm³/mol. The van der Waals surface area contributed by atoms with Gasteiger partial charge in [-0.3, -0.25) is 0 Å². The van der Waals surface area contributed by atoms with E-state index < -0.39 is 0 Å². The summed E-state index contributed by atoms with van der Waals surface area (Å²) in [6.45, 7) is 7.45. The van der Waals surface area contributed by atoms with Crippen LogP contribution < -0.4 is 0 Å². The van der Waals surface area contributed by atoms with E-state index in [0.29, 0.717) is 19.3 Å². The summed E-state index contributed by atoms with van der Waals surface area (Å²) in [6, 6.07) is 0.480. The fourth-order valence-corrected chi connectivity index (χ4v) is 2.74. The Labute approximate surface area is 115 Å². The van der Waals surface area contributed by atoms with Crippen molar-refractivity contribution in [3.63, 3.8) is 0 Å². The van der Waals surface area contributed by atoms with Gasteiger partial charge in [0.1, 0.15) is 5.69 Å². The summed E-state index contributed by atoms with van der Waals surface area (Å²) in [6.07, 6.45) is 6.60. The summed E-state index contributed by atoms with van der Waals surface area (Å²) in [7, 11) is 0. The van der Waals surface area contributed by atoms with Gasteiger partial charge in [-0.15, -0.1) is 5.10 Å². The summed E-state index contributed by atoms with van der Waals surface area (Å²) in [4.78, 5) is 0. The highest BCUT2D eigenvalue weighted by molar-refractivity contribution is 4.96. The molecule has 1 aromatic rings. The van der Waals surface area contributed by atoms with Crippen LogP contribution in [0.25, 0.3) is 0 Å². The van der Waals surface area contributed by atoms with E-state index in [1.54, 1.807) is 0 Å². The van der Waals surface area contributed by atoms with Crippen LogP contribution in [0.2, 0.25) is 0 Å². The van der Waals surface area contributed by atoms with Gasteiger partial charge in [-0.1, -0.05) is 25.0 Å². The molecular formula is C14H25N3O2. The first kappa shape index (κ1) is 14.5. The first-order valence-corrected chi connectivity index (χ1v) is 7.39. The zero-order chi connectivity index (χ0) is 13.7. The highest BCUT2D eigenvalue weighted by atomic mass is 16.7. The quantitative estimate of drug-likeness (QED) is 0.743. The molecular weight excluding hydrogens is 242 g/mol. The Bertz CT molecular complexity index is 355. The molecule has 2 unspecified atom stereocenters. The van der Waals surface area contributed by atoms with Crippen LogP contribution in [0.15, 0.2) is 6.20 Å². The van der Waals surface area contributed by atoms with Crippen LogP contribution in [0.4, 0.5) is 0 Å². The van der Waals surface area contributed by atoms with Gasteiger partial charge in [0, 0.05) is 13.2 Å². The number of hydrogen-bond donors (Lipinski definition) is 0. The molecule has 0 bridgehead atoms. The van der Waals surface area contributed by atoms with Crippen molar-refractivity contribution in [1.82, 2.24) is 15.0 Å². The Morgan fingerprint density at radius 2 is 2.05 bits per heavy atom. The average molecular weight is 267 g/mol. The van der Waals surface area contributed by atoms with Gasteiger partial charge in [-0.2, -0.15) is 0 Å². The molecule has 5 heteroatoms. The first-order chi connectivity index (χ1) is 9.24. The van der Waals surface area contributed by atoms with Crippen molar-refractivity contribution in [2.45, 2.75) is 58.8 Å². The van der Waals surface area contributed by atoms with Gasteiger partial charge in [-0.25, -0.2) is 4.68 Å². The van der Waals surface area contributed by atoms with Gasteiger partial charge >= 0.3 is 0 Å². The van der Waals surface area contributed by atoms with E-state index >= 15 is 0 Å². The highest BCUT2D eigenvalue weighted by Gasteiger charge is 2.23. The lowest BCUT2D eigenvalue weighted by Gasteiger charge is -2.26. The SMILES string of the molecule is CCOC(OCC)c1cn(C2CCCC(C)C2)nn1. The molecule has 0 spiro atoms. The second kappa shape index (κ2) is 7.01.